The molecule has 0 fully saturated rings. The highest BCUT2D eigenvalue weighted by atomic mass is 35.5. The molecule has 0 atom stereocenters. The summed E-state index contributed by atoms with van der Waals surface area (Å²) >= 11 is 5.81. The number of nitrogen functional groups attached to an aromatic ring is 1. The zero-order valence-corrected chi connectivity index (χ0v) is 10.0. The Morgan fingerprint density at radius 2 is 2.12 bits per heavy atom. The molecule has 0 spiro atoms. The van der Waals surface area contributed by atoms with Gasteiger partial charge in [-0.25, -0.2) is 0 Å². The van der Waals surface area contributed by atoms with Crippen LogP contribution in [0.25, 0.3) is 0 Å². The molecule has 17 heavy (non-hydrogen) atoms. The van der Waals surface area contributed by atoms with Crippen LogP contribution in [0.1, 0.15) is 21.5 Å². The third-order valence-corrected chi connectivity index (χ3v) is 2.89. The topological polar surface area (TPSA) is 56.0 Å². The van der Waals surface area contributed by atoms with Gasteiger partial charge in [0.05, 0.1) is 10.7 Å². The Morgan fingerprint density at radius 3 is 2.76 bits per heavy atom. The molecule has 86 valence electrons. The predicted octanol–water partition coefficient (Wildman–Crippen LogP) is 2.86. The molecule has 0 aliphatic heterocycles. The van der Waals surface area contributed by atoms with Gasteiger partial charge in [-0.05, 0) is 36.8 Å². The van der Waals surface area contributed by atoms with Crippen molar-refractivity contribution >= 4 is 23.1 Å². The van der Waals surface area contributed by atoms with E-state index in [1.807, 2.05) is 6.92 Å². The van der Waals surface area contributed by atoms with E-state index in [1.54, 1.807) is 36.7 Å². The Labute approximate surface area is 104 Å². The Balaban J connectivity index is 2.44. The quantitative estimate of drug-likeness (QED) is 0.655. The maximum absolute atomic E-state index is 12.2. The van der Waals surface area contributed by atoms with Crippen molar-refractivity contribution in [3.63, 3.8) is 0 Å². The Morgan fingerprint density at radius 1 is 1.35 bits per heavy atom. The first kappa shape index (κ1) is 11.6. The lowest BCUT2D eigenvalue weighted by atomic mass is 10.0. The number of rotatable bonds is 2. The highest BCUT2D eigenvalue weighted by molar-refractivity contribution is 6.33. The molecular formula is C13H11ClN2O. The van der Waals surface area contributed by atoms with Gasteiger partial charge in [-0.1, -0.05) is 11.6 Å². The van der Waals surface area contributed by atoms with Crippen molar-refractivity contribution < 1.29 is 4.79 Å². The molecular weight excluding hydrogens is 236 g/mol. The van der Waals surface area contributed by atoms with Crippen LogP contribution in [0.15, 0.2) is 36.7 Å². The molecule has 0 radical (unpaired) electrons. The number of anilines is 1. The van der Waals surface area contributed by atoms with Crippen molar-refractivity contribution in [1.29, 1.82) is 0 Å². The largest absolute Gasteiger partial charge is 0.398 e. The Hall–Kier alpha value is -1.87. The average Bonchev–Trinajstić information content (AvgIpc) is 2.32. The van der Waals surface area contributed by atoms with Gasteiger partial charge in [-0.15, -0.1) is 0 Å². The smallest absolute Gasteiger partial charge is 0.194 e. The van der Waals surface area contributed by atoms with Gasteiger partial charge >= 0.3 is 0 Å². The van der Waals surface area contributed by atoms with Crippen molar-refractivity contribution in [2.24, 2.45) is 0 Å². The summed E-state index contributed by atoms with van der Waals surface area (Å²) in [4.78, 5) is 16.1. The van der Waals surface area contributed by atoms with Crippen LogP contribution in [0.4, 0.5) is 5.69 Å². The molecule has 0 saturated heterocycles. The minimum Gasteiger partial charge on any atom is -0.398 e. The monoisotopic (exact) mass is 246 g/mol. The third-order valence-electron chi connectivity index (χ3n) is 2.54. The second-order valence-electron chi connectivity index (χ2n) is 3.76. The highest BCUT2D eigenvalue weighted by Crippen LogP contribution is 2.21. The van der Waals surface area contributed by atoms with Gasteiger partial charge < -0.3 is 5.73 Å². The van der Waals surface area contributed by atoms with Gasteiger partial charge in [-0.2, -0.15) is 0 Å². The number of halogens is 1. The summed E-state index contributed by atoms with van der Waals surface area (Å²) < 4.78 is 0. The fourth-order valence-electron chi connectivity index (χ4n) is 1.54. The van der Waals surface area contributed by atoms with Crippen molar-refractivity contribution in [2.45, 2.75) is 6.92 Å². The van der Waals surface area contributed by atoms with Crippen LogP contribution in [-0.2, 0) is 0 Å². The van der Waals surface area contributed by atoms with E-state index in [9.17, 15) is 4.79 Å². The van der Waals surface area contributed by atoms with E-state index in [0.29, 0.717) is 21.8 Å². The molecule has 2 aromatic rings. The molecule has 1 aromatic carbocycles. The molecule has 4 heteroatoms. The van der Waals surface area contributed by atoms with E-state index in [-0.39, 0.29) is 5.78 Å². The lowest BCUT2D eigenvalue weighted by molar-refractivity contribution is 0.103. The molecule has 0 aliphatic carbocycles. The lowest BCUT2D eigenvalue weighted by Crippen LogP contribution is -2.05. The number of carbonyl (C=O) groups is 1. The summed E-state index contributed by atoms with van der Waals surface area (Å²) in [6.07, 6.45) is 3.21. The molecule has 1 aromatic heterocycles. The summed E-state index contributed by atoms with van der Waals surface area (Å²) in [6, 6.07) is 6.66. The molecule has 0 amide bonds. The first-order valence-corrected chi connectivity index (χ1v) is 5.47. The van der Waals surface area contributed by atoms with E-state index in [1.165, 1.54) is 0 Å². The number of nitrogens with zero attached hydrogens (tertiary/aromatic N) is 1. The molecule has 3 nitrogen and oxygen atoms in total. The van der Waals surface area contributed by atoms with Crippen LogP contribution in [0.2, 0.25) is 5.02 Å². The third kappa shape index (κ3) is 2.29. The lowest BCUT2D eigenvalue weighted by Gasteiger charge is -2.05. The molecule has 0 bridgehead atoms. The molecule has 2 N–H and O–H groups in total. The maximum atomic E-state index is 12.2. The number of aromatic nitrogens is 1. The number of ketones is 1. The van der Waals surface area contributed by atoms with Gasteiger partial charge in [0, 0.05) is 23.5 Å². The number of pyridine rings is 1. The number of hydrogen-bond acceptors (Lipinski definition) is 3. The number of hydrogen-bond donors (Lipinski definition) is 1. The zero-order valence-electron chi connectivity index (χ0n) is 9.27. The number of nitrogens with two attached hydrogens (primary N) is 1. The Bertz CT molecular complexity index is 581. The van der Waals surface area contributed by atoms with E-state index in [2.05, 4.69) is 4.98 Å². The second kappa shape index (κ2) is 4.55. The van der Waals surface area contributed by atoms with Gasteiger partial charge in [-0.3, -0.25) is 9.78 Å². The standard InChI is InChI=1S/C13H11ClN2O/c1-8-4-5-16-7-10(8)13(17)9-2-3-11(14)12(15)6-9/h2-7H,15H2,1H3. The van der Waals surface area contributed by atoms with Crippen molar-refractivity contribution in [1.82, 2.24) is 4.98 Å². The van der Waals surface area contributed by atoms with E-state index in [0.717, 1.165) is 5.56 Å². The first-order valence-electron chi connectivity index (χ1n) is 5.10. The van der Waals surface area contributed by atoms with E-state index in [4.69, 9.17) is 17.3 Å². The highest BCUT2D eigenvalue weighted by Gasteiger charge is 2.12. The van der Waals surface area contributed by atoms with E-state index < -0.39 is 0 Å². The summed E-state index contributed by atoms with van der Waals surface area (Å²) in [6.45, 7) is 1.87. The van der Waals surface area contributed by atoms with E-state index >= 15 is 0 Å². The second-order valence-corrected chi connectivity index (χ2v) is 4.16. The van der Waals surface area contributed by atoms with Crippen molar-refractivity contribution in [2.75, 3.05) is 5.73 Å². The fourth-order valence-corrected chi connectivity index (χ4v) is 1.66. The van der Waals surface area contributed by atoms with Crippen molar-refractivity contribution in [3.8, 4) is 0 Å². The van der Waals surface area contributed by atoms with Crippen LogP contribution in [0.3, 0.4) is 0 Å². The number of carbonyl (C=O) groups excluding carboxylic acids is 1. The fraction of sp³-hybridized carbons (Fsp3) is 0.0769. The predicted molar refractivity (Wildman–Crippen MR) is 68.3 cm³/mol. The van der Waals surface area contributed by atoms with Gasteiger partial charge in [0.25, 0.3) is 0 Å². The molecule has 2 rings (SSSR count). The maximum Gasteiger partial charge on any atom is 0.194 e. The summed E-state index contributed by atoms with van der Waals surface area (Å²) in [5.74, 6) is -0.0982. The molecule has 0 aliphatic rings. The summed E-state index contributed by atoms with van der Waals surface area (Å²) in [7, 11) is 0. The van der Waals surface area contributed by atoms with Crippen LogP contribution in [0.5, 0.6) is 0 Å². The van der Waals surface area contributed by atoms with Crippen LogP contribution >= 0.6 is 11.6 Å². The first-order chi connectivity index (χ1) is 8.09. The summed E-state index contributed by atoms with van der Waals surface area (Å²) in [5.41, 5.74) is 8.06. The van der Waals surface area contributed by atoms with Crippen LogP contribution < -0.4 is 5.73 Å². The van der Waals surface area contributed by atoms with Gasteiger partial charge in [0.15, 0.2) is 5.78 Å². The average molecular weight is 247 g/mol. The molecule has 1 heterocycles. The minimum absolute atomic E-state index is 0.0982. The molecule has 0 unspecified atom stereocenters. The Kier molecular flexibility index (Phi) is 3.11. The SMILES string of the molecule is Cc1ccncc1C(=O)c1ccc(Cl)c(N)c1. The zero-order chi connectivity index (χ0) is 12.4. The number of benzene rings is 1. The van der Waals surface area contributed by atoms with Gasteiger partial charge in [0.1, 0.15) is 0 Å². The van der Waals surface area contributed by atoms with Crippen LogP contribution in [-0.4, -0.2) is 10.8 Å². The molecule has 0 saturated carbocycles. The normalized spacial score (nSPS) is 10.2. The minimum atomic E-state index is -0.0982. The van der Waals surface area contributed by atoms with Crippen LogP contribution in [0, 0.1) is 6.92 Å². The summed E-state index contributed by atoms with van der Waals surface area (Å²) in [5, 5.41) is 0.449. The van der Waals surface area contributed by atoms with Crippen molar-refractivity contribution in [3.05, 3.63) is 58.4 Å². The number of aryl methyl sites for hydroxylation is 1. The van der Waals surface area contributed by atoms with Gasteiger partial charge in [0.2, 0.25) is 0 Å².